The van der Waals surface area contributed by atoms with Crippen LogP contribution in [0.1, 0.15) is 5.56 Å². The van der Waals surface area contributed by atoms with Crippen LogP contribution in [0.25, 0.3) is 0 Å². The molecule has 0 saturated heterocycles. The van der Waals surface area contributed by atoms with Gasteiger partial charge in [0, 0.05) is 8.95 Å². The van der Waals surface area contributed by atoms with E-state index < -0.39 is 11.7 Å². The Morgan fingerprint density at radius 2 is 1.42 bits per heavy atom. The first-order chi connectivity index (χ1) is 8.86. The number of rotatable bonds is 2. The quantitative estimate of drug-likeness (QED) is 0.603. The standard InChI is InChI=1S/C13H7Br2F3O/c14-8-1-4-10(5-2-8)19-12-6-3-9(15)7-11(12)13(16,17)18/h1-7H. The zero-order chi connectivity index (χ0) is 14.0. The molecule has 0 radical (unpaired) electrons. The van der Waals surface area contributed by atoms with Crippen molar-refractivity contribution in [2.45, 2.75) is 6.18 Å². The van der Waals surface area contributed by atoms with Gasteiger partial charge in [-0.25, -0.2) is 0 Å². The van der Waals surface area contributed by atoms with Gasteiger partial charge in [0.25, 0.3) is 0 Å². The minimum atomic E-state index is -4.46. The van der Waals surface area contributed by atoms with Crippen LogP contribution in [-0.2, 0) is 6.18 Å². The molecule has 0 unspecified atom stereocenters. The lowest BCUT2D eigenvalue weighted by atomic mass is 10.2. The van der Waals surface area contributed by atoms with Crippen molar-refractivity contribution in [2.24, 2.45) is 0 Å². The zero-order valence-electron chi connectivity index (χ0n) is 9.34. The Labute approximate surface area is 124 Å². The number of alkyl halides is 3. The first-order valence-corrected chi connectivity index (χ1v) is 6.75. The van der Waals surface area contributed by atoms with E-state index in [9.17, 15) is 13.2 Å². The maximum Gasteiger partial charge on any atom is 0.420 e. The Kier molecular flexibility index (Phi) is 4.20. The molecule has 0 bridgehead atoms. The van der Waals surface area contributed by atoms with E-state index in [2.05, 4.69) is 31.9 Å². The molecule has 2 aromatic rings. The number of halogens is 5. The van der Waals surface area contributed by atoms with Gasteiger partial charge in [0.1, 0.15) is 11.5 Å². The molecule has 2 aromatic carbocycles. The Morgan fingerprint density at radius 3 is 2.00 bits per heavy atom. The van der Waals surface area contributed by atoms with E-state index >= 15 is 0 Å². The van der Waals surface area contributed by atoms with Crippen molar-refractivity contribution >= 4 is 31.9 Å². The summed E-state index contributed by atoms with van der Waals surface area (Å²) in [5.41, 5.74) is -0.815. The van der Waals surface area contributed by atoms with Crippen LogP contribution in [0.5, 0.6) is 11.5 Å². The molecule has 1 nitrogen and oxygen atoms in total. The van der Waals surface area contributed by atoms with Gasteiger partial charge in [-0.15, -0.1) is 0 Å². The van der Waals surface area contributed by atoms with Crippen molar-refractivity contribution < 1.29 is 17.9 Å². The van der Waals surface area contributed by atoms with Gasteiger partial charge in [-0.3, -0.25) is 0 Å². The summed E-state index contributed by atoms with van der Waals surface area (Å²) in [6.07, 6.45) is -4.46. The summed E-state index contributed by atoms with van der Waals surface area (Å²) in [5, 5.41) is 0. The molecule has 2 rings (SSSR count). The molecule has 100 valence electrons. The summed E-state index contributed by atoms with van der Waals surface area (Å²) < 4.78 is 45.1. The van der Waals surface area contributed by atoms with Crippen LogP contribution in [0.3, 0.4) is 0 Å². The Bertz CT molecular complexity index is 579. The fraction of sp³-hybridized carbons (Fsp3) is 0.0769. The Hall–Kier alpha value is -1.01. The van der Waals surface area contributed by atoms with Crippen molar-refractivity contribution in [1.29, 1.82) is 0 Å². The summed E-state index contributed by atoms with van der Waals surface area (Å²) in [4.78, 5) is 0. The molecule has 0 spiro atoms. The van der Waals surface area contributed by atoms with Gasteiger partial charge in [0.2, 0.25) is 0 Å². The molecule has 0 aliphatic rings. The summed E-state index contributed by atoms with van der Waals surface area (Å²) in [6, 6.07) is 10.4. The molecule has 6 heteroatoms. The highest BCUT2D eigenvalue weighted by atomic mass is 79.9. The van der Waals surface area contributed by atoms with Crippen LogP contribution < -0.4 is 4.74 Å². The topological polar surface area (TPSA) is 9.23 Å². The van der Waals surface area contributed by atoms with Gasteiger partial charge in [-0.2, -0.15) is 13.2 Å². The second kappa shape index (κ2) is 5.54. The van der Waals surface area contributed by atoms with Crippen LogP contribution in [0.4, 0.5) is 13.2 Å². The molecule has 0 aliphatic carbocycles. The molecular formula is C13H7Br2F3O. The molecule has 0 heterocycles. The van der Waals surface area contributed by atoms with Crippen LogP contribution in [0, 0.1) is 0 Å². The monoisotopic (exact) mass is 394 g/mol. The number of hydrogen-bond acceptors (Lipinski definition) is 1. The lowest BCUT2D eigenvalue weighted by Crippen LogP contribution is -2.07. The highest BCUT2D eigenvalue weighted by Gasteiger charge is 2.34. The normalized spacial score (nSPS) is 11.4. The third kappa shape index (κ3) is 3.73. The van der Waals surface area contributed by atoms with Crippen molar-refractivity contribution in [1.82, 2.24) is 0 Å². The second-order valence-electron chi connectivity index (χ2n) is 3.69. The van der Waals surface area contributed by atoms with Crippen molar-refractivity contribution in [3.8, 4) is 11.5 Å². The Balaban J connectivity index is 2.37. The van der Waals surface area contributed by atoms with E-state index in [-0.39, 0.29) is 5.75 Å². The minimum Gasteiger partial charge on any atom is -0.457 e. The van der Waals surface area contributed by atoms with Gasteiger partial charge in [0.15, 0.2) is 0 Å². The van der Waals surface area contributed by atoms with Gasteiger partial charge in [-0.05, 0) is 42.5 Å². The fourth-order valence-corrected chi connectivity index (χ4v) is 2.07. The fourth-order valence-electron chi connectivity index (χ4n) is 1.44. The van der Waals surface area contributed by atoms with E-state index in [0.717, 1.165) is 10.5 Å². The van der Waals surface area contributed by atoms with E-state index in [0.29, 0.717) is 10.2 Å². The molecule has 0 atom stereocenters. The third-order valence-electron chi connectivity index (χ3n) is 2.29. The van der Waals surface area contributed by atoms with Gasteiger partial charge in [-0.1, -0.05) is 31.9 Å². The highest BCUT2D eigenvalue weighted by molar-refractivity contribution is 9.10. The molecule has 0 aromatic heterocycles. The molecular weight excluding hydrogens is 389 g/mol. The van der Waals surface area contributed by atoms with E-state index in [4.69, 9.17) is 4.74 Å². The molecule has 0 amide bonds. The maximum atomic E-state index is 12.9. The average Bonchev–Trinajstić information content (AvgIpc) is 2.33. The van der Waals surface area contributed by atoms with Crippen LogP contribution in [-0.4, -0.2) is 0 Å². The summed E-state index contributed by atoms with van der Waals surface area (Å²) in [6.45, 7) is 0. The van der Waals surface area contributed by atoms with Crippen molar-refractivity contribution in [3.63, 3.8) is 0 Å². The predicted molar refractivity (Wildman–Crippen MR) is 73.4 cm³/mol. The lowest BCUT2D eigenvalue weighted by molar-refractivity contribution is -0.138. The Morgan fingerprint density at radius 1 is 0.842 bits per heavy atom. The van der Waals surface area contributed by atoms with Crippen LogP contribution in [0.15, 0.2) is 51.4 Å². The lowest BCUT2D eigenvalue weighted by Gasteiger charge is -2.14. The van der Waals surface area contributed by atoms with E-state index in [1.807, 2.05) is 0 Å². The largest absolute Gasteiger partial charge is 0.457 e. The van der Waals surface area contributed by atoms with Crippen LogP contribution >= 0.6 is 31.9 Å². The molecule has 0 N–H and O–H groups in total. The van der Waals surface area contributed by atoms with E-state index in [1.54, 1.807) is 24.3 Å². The smallest absolute Gasteiger partial charge is 0.420 e. The average molecular weight is 396 g/mol. The van der Waals surface area contributed by atoms with E-state index in [1.165, 1.54) is 12.1 Å². The molecule has 0 aliphatic heterocycles. The van der Waals surface area contributed by atoms with Crippen molar-refractivity contribution in [3.05, 3.63) is 57.0 Å². The highest BCUT2D eigenvalue weighted by Crippen LogP contribution is 2.39. The van der Waals surface area contributed by atoms with Gasteiger partial charge in [0.05, 0.1) is 5.56 Å². The van der Waals surface area contributed by atoms with Crippen LogP contribution in [0.2, 0.25) is 0 Å². The first kappa shape index (κ1) is 14.4. The maximum absolute atomic E-state index is 12.9. The number of hydrogen-bond donors (Lipinski definition) is 0. The first-order valence-electron chi connectivity index (χ1n) is 5.16. The zero-order valence-corrected chi connectivity index (χ0v) is 12.5. The minimum absolute atomic E-state index is 0.224. The number of ether oxygens (including phenoxy) is 1. The van der Waals surface area contributed by atoms with Gasteiger partial charge >= 0.3 is 6.18 Å². The molecule has 0 saturated carbocycles. The second-order valence-corrected chi connectivity index (χ2v) is 5.53. The van der Waals surface area contributed by atoms with Crippen molar-refractivity contribution in [2.75, 3.05) is 0 Å². The summed E-state index contributed by atoms with van der Waals surface area (Å²) in [7, 11) is 0. The van der Waals surface area contributed by atoms with Gasteiger partial charge < -0.3 is 4.74 Å². The summed E-state index contributed by atoms with van der Waals surface area (Å²) >= 11 is 6.27. The molecule has 0 fully saturated rings. The SMILES string of the molecule is FC(F)(F)c1cc(Br)ccc1Oc1ccc(Br)cc1. The predicted octanol–water partition coefficient (Wildman–Crippen LogP) is 6.02. The number of benzene rings is 2. The molecule has 19 heavy (non-hydrogen) atoms. The summed E-state index contributed by atoms with van der Waals surface area (Å²) in [5.74, 6) is 0.119. The third-order valence-corrected chi connectivity index (χ3v) is 3.31.